The molecule has 0 atom stereocenters. The molecule has 1 radical (unpaired) electrons. The van der Waals surface area contributed by atoms with E-state index in [1.165, 1.54) is 6.33 Å². The van der Waals surface area contributed by atoms with Gasteiger partial charge in [-0.1, -0.05) is 27.2 Å². The monoisotopic (exact) mass is 340 g/mol. The van der Waals surface area contributed by atoms with E-state index in [4.69, 9.17) is 4.74 Å². The SMILES string of the molecule is CCCCOc1[c]n(CC(C)C)c(=O)c2ccc(-n3cnnn3)cc12. The second-order valence-electron chi connectivity index (χ2n) is 6.44. The third-order valence-corrected chi connectivity index (χ3v) is 3.87. The van der Waals surface area contributed by atoms with Gasteiger partial charge in [-0.05, 0) is 41.0 Å². The van der Waals surface area contributed by atoms with E-state index in [1.807, 2.05) is 12.1 Å². The van der Waals surface area contributed by atoms with Gasteiger partial charge in [0.15, 0.2) is 5.75 Å². The lowest BCUT2D eigenvalue weighted by Gasteiger charge is -2.14. The maximum absolute atomic E-state index is 12.8. The quantitative estimate of drug-likeness (QED) is 0.618. The van der Waals surface area contributed by atoms with E-state index in [0.29, 0.717) is 30.2 Å². The fourth-order valence-electron chi connectivity index (χ4n) is 2.63. The van der Waals surface area contributed by atoms with Crippen molar-refractivity contribution in [1.82, 2.24) is 24.8 Å². The fourth-order valence-corrected chi connectivity index (χ4v) is 2.63. The van der Waals surface area contributed by atoms with Crippen LogP contribution in [0.2, 0.25) is 0 Å². The number of pyridine rings is 1. The molecule has 7 nitrogen and oxygen atoms in total. The Morgan fingerprint density at radius 3 is 2.80 bits per heavy atom. The number of fused-ring (bicyclic) bond motifs is 1. The zero-order chi connectivity index (χ0) is 17.8. The summed E-state index contributed by atoms with van der Waals surface area (Å²) in [4.78, 5) is 12.8. The van der Waals surface area contributed by atoms with Gasteiger partial charge in [-0.2, -0.15) is 0 Å². The van der Waals surface area contributed by atoms with Crippen LogP contribution in [0.15, 0.2) is 29.3 Å². The number of nitrogens with zero attached hydrogens (tertiary/aromatic N) is 5. The molecule has 3 aromatic rings. The van der Waals surface area contributed by atoms with Gasteiger partial charge >= 0.3 is 0 Å². The first-order valence-electron chi connectivity index (χ1n) is 8.56. The van der Waals surface area contributed by atoms with Gasteiger partial charge in [0, 0.05) is 11.9 Å². The zero-order valence-electron chi connectivity index (χ0n) is 14.8. The molecule has 1 aromatic carbocycles. The highest BCUT2D eigenvalue weighted by Crippen LogP contribution is 2.25. The third kappa shape index (κ3) is 3.70. The van der Waals surface area contributed by atoms with Gasteiger partial charge < -0.3 is 9.30 Å². The van der Waals surface area contributed by atoms with Crippen molar-refractivity contribution in [3.05, 3.63) is 41.1 Å². The molecule has 0 saturated carbocycles. The van der Waals surface area contributed by atoms with Crippen LogP contribution in [0, 0.1) is 12.1 Å². The van der Waals surface area contributed by atoms with Crippen molar-refractivity contribution >= 4 is 10.8 Å². The average molecular weight is 340 g/mol. The average Bonchev–Trinajstić information content (AvgIpc) is 3.12. The summed E-state index contributed by atoms with van der Waals surface area (Å²) in [5.41, 5.74) is 0.710. The van der Waals surface area contributed by atoms with Crippen LogP contribution in [-0.4, -0.2) is 31.4 Å². The fraction of sp³-hybridized carbons (Fsp3) is 0.444. The molecule has 7 heteroatoms. The standard InChI is InChI=1S/C18H22N5O2/c1-4-5-8-25-17-11-22(10-13(2)3)18(24)15-7-6-14(9-16(15)17)23-12-19-20-21-23/h6-7,9,12-13H,4-5,8,10H2,1-3H3. The third-order valence-electron chi connectivity index (χ3n) is 3.87. The van der Waals surface area contributed by atoms with Crippen molar-refractivity contribution in [2.24, 2.45) is 5.92 Å². The van der Waals surface area contributed by atoms with Crippen LogP contribution in [0.1, 0.15) is 33.6 Å². The van der Waals surface area contributed by atoms with Crippen molar-refractivity contribution < 1.29 is 4.74 Å². The molecule has 0 bridgehead atoms. The normalized spacial score (nSPS) is 11.4. The molecular weight excluding hydrogens is 318 g/mol. The molecule has 0 fully saturated rings. The maximum Gasteiger partial charge on any atom is 0.259 e. The first-order valence-corrected chi connectivity index (χ1v) is 8.56. The predicted molar refractivity (Wildman–Crippen MR) is 95.0 cm³/mol. The van der Waals surface area contributed by atoms with Gasteiger partial charge in [0.05, 0.1) is 17.7 Å². The van der Waals surface area contributed by atoms with Gasteiger partial charge in [-0.25, -0.2) is 4.68 Å². The molecule has 0 spiro atoms. The summed E-state index contributed by atoms with van der Waals surface area (Å²) < 4.78 is 9.10. The number of ether oxygens (including phenoxy) is 1. The Morgan fingerprint density at radius 2 is 2.12 bits per heavy atom. The molecule has 2 heterocycles. The summed E-state index contributed by atoms with van der Waals surface area (Å²) in [7, 11) is 0. The summed E-state index contributed by atoms with van der Waals surface area (Å²) in [6.07, 6.45) is 6.65. The number of aromatic nitrogens is 5. The van der Waals surface area contributed by atoms with Crippen molar-refractivity contribution in [3.8, 4) is 11.4 Å². The van der Waals surface area contributed by atoms with E-state index >= 15 is 0 Å². The van der Waals surface area contributed by atoms with Crippen LogP contribution in [0.25, 0.3) is 16.5 Å². The number of hydrogen-bond acceptors (Lipinski definition) is 5. The number of rotatable bonds is 7. The van der Waals surface area contributed by atoms with Crippen molar-refractivity contribution in [3.63, 3.8) is 0 Å². The Hall–Kier alpha value is -2.70. The summed E-state index contributed by atoms with van der Waals surface area (Å²) in [5.74, 6) is 0.939. The van der Waals surface area contributed by atoms with E-state index in [2.05, 4.69) is 42.5 Å². The topological polar surface area (TPSA) is 74.8 Å². The van der Waals surface area contributed by atoms with Crippen molar-refractivity contribution in [2.45, 2.75) is 40.2 Å². The molecule has 0 saturated heterocycles. The minimum absolute atomic E-state index is 0.0604. The highest BCUT2D eigenvalue weighted by molar-refractivity contribution is 5.88. The Bertz CT molecular complexity index is 900. The second-order valence-corrected chi connectivity index (χ2v) is 6.44. The van der Waals surface area contributed by atoms with Crippen LogP contribution in [0.3, 0.4) is 0 Å². The lowest BCUT2D eigenvalue weighted by Crippen LogP contribution is -2.23. The van der Waals surface area contributed by atoms with Gasteiger partial charge in [0.25, 0.3) is 5.56 Å². The molecule has 0 N–H and O–H groups in total. The van der Waals surface area contributed by atoms with Gasteiger partial charge in [-0.15, -0.1) is 5.10 Å². The lowest BCUT2D eigenvalue weighted by molar-refractivity contribution is 0.308. The Morgan fingerprint density at radius 1 is 1.28 bits per heavy atom. The molecule has 3 rings (SSSR count). The molecule has 25 heavy (non-hydrogen) atoms. The van der Waals surface area contributed by atoms with Crippen LogP contribution < -0.4 is 10.3 Å². The van der Waals surface area contributed by atoms with Gasteiger partial charge in [-0.3, -0.25) is 4.79 Å². The lowest BCUT2D eigenvalue weighted by atomic mass is 10.1. The molecule has 131 valence electrons. The zero-order valence-corrected chi connectivity index (χ0v) is 14.8. The number of tetrazole rings is 1. The van der Waals surface area contributed by atoms with Crippen LogP contribution in [-0.2, 0) is 6.54 Å². The molecular formula is C18H22N5O2. The van der Waals surface area contributed by atoms with E-state index in [-0.39, 0.29) is 5.56 Å². The molecule has 0 aliphatic carbocycles. The predicted octanol–water partition coefficient (Wildman–Crippen LogP) is 2.61. The van der Waals surface area contributed by atoms with Gasteiger partial charge in [0.2, 0.25) is 0 Å². The maximum atomic E-state index is 12.8. The minimum atomic E-state index is -0.0604. The first kappa shape index (κ1) is 17.1. The molecule has 2 aromatic heterocycles. The Kier molecular flexibility index (Phi) is 5.11. The van der Waals surface area contributed by atoms with Crippen LogP contribution in [0.4, 0.5) is 0 Å². The largest absolute Gasteiger partial charge is 0.491 e. The summed E-state index contributed by atoms with van der Waals surface area (Å²) >= 11 is 0. The van der Waals surface area contributed by atoms with Crippen molar-refractivity contribution in [1.29, 1.82) is 0 Å². The second kappa shape index (κ2) is 7.46. The highest BCUT2D eigenvalue weighted by atomic mass is 16.5. The first-order chi connectivity index (χ1) is 12.1. The summed E-state index contributed by atoms with van der Waals surface area (Å²) in [5, 5.41) is 12.6. The van der Waals surface area contributed by atoms with E-state index < -0.39 is 0 Å². The number of benzene rings is 1. The highest BCUT2D eigenvalue weighted by Gasteiger charge is 2.13. The molecule has 0 unspecified atom stereocenters. The molecule has 0 amide bonds. The number of unbranched alkanes of at least 4 members (excludes halogenated alkanes) is 1. The van der Waals surface area contributed by atoms with E-state index in [0.717, 1.165) is 23.9 Å². The molecule has 0 aliphatic rings. The van der Waals surface area contributed by atoms with Gasteiger partial charge in [0.1, 0.15) is 12.5 Å². The van der Waals surface area contributed by atoms with Crippen LogP contribution >= 0.6 is 0 Å². The smallest absolute Gasteiger partial charge is 0.259 e. The van der Waals surface area contributed by atoms with Crippen LogP contribution in [0.5, 0.6) is 5.75 Å². The van der Waals surface area contributed by atoms with Crippen molar-refractivity contribution in [2.75, 3.05) is 6.61 Å². The summed E-state index contributed by atoms with van der Waals surface area (Å²) in [6, 6.07) is 5.49. The summed E-state index contributed by atoms with van der Waals surface area (Å²) in [6.45, 7) is 7.46. The molecule has 0 aliphatic heterocycles. The Labute approximate surface area is 146 Å². The van der Waals surface area contributed by atoms with E-state index in [1.54, 1.807) is 15.3 Å². The minimum Gasteiger partial charge on any atom is -0.491 e. The van der Waals surface area contributed by atoms with E-state index in [9.17, 15) is 4.79 Å². The number of hydrogen-bond donors (Lipinski definition) is 0. The Balaban J connectivity index is 2.13.